The molecular formula is C28H38N4O5. The van der Waals surface area contributed by atoms with Gasteiger partial charge in [0.25, 0.3) is 0 Å². The molecule has 9 heteroatoms. The average Bonchev–Trinajstić information content (AvgIpc) is 3.37. The molecule has 3 fully saturated rings. The minimum atomic E-state index is -1.18. The van der Waals surface area contributed by atoms with Crippen LogP contribution in [0.3, 0.4) is 0 Å². The molecular weight excluding hydrogens is 472 g/mol. The van der Waals surface area contributed by atoms with Gasteiger partial charge in [-0.05, 0) is 17.9 Å². The lowest BCUT2D eigenvalue weighted by Gasteiger charge is -2.31. The first-order valence-electron chi connectivity index (χ1n) is 13.5. The molecule has 1 N–H and O–H groups in total. The molecule has 2 aliphatic heterocycles. The normalized spacial score (nSPS) is 23.2. The summed E-state index contributed by atoms with van der Waals surface area (Å²) in [5, 5.41) is 13.0. The summed E-state index contributed by atoms with van der Waals surface area (Å²) in [6.07, 6.45) is 6.25. The summed E-state index contributed by atoms with van der Waals surface area (Å²) in [5.74, 6) is -0.396. The molecule has 3 amide bonds. The van der Waals surface area contributed by atoms with Crippen molar-refractivity contribution in [3.8, 4) is 6.07 Å². The second kappa shape index (κ2) is 12.9. The van der Waals surface area contributed by atoms with Crippen molar-refractivity contribution < 1.29 is 23.9 Å². The van der Waals surface area contributed by atoms with Crippen LogP contribution in [0, 0.1) is 23.2 Å². The van der Waals surface area contributed by atoms with Crippen LogP contribution in [-0.4, -0.2) is 72.6 Å². The lowest BCUT2D eigenvalue weighted by atomic mass is 9.81. The van der Waals surface area contributed by atoms with Crippen LogP contribution < -0.4 is 5.32 Å². The number of hydrogen-bond acceptors (Lipinski definition) is 6. The number of amides is 3. The van der Waals surface area contributed by atoms with Gasteiger partial charge in [-0.15, -0.1) is 0 Å². The summed E-state index contributed by atoms with van der Waals surface area (Å²) < 4.78 is 10.8. The van der Waals surface area contributed by atoms with Gasteiger partial charge < -0.3 is 24.6 Å². The number of hydrogen-bond donors (Lipinski definition) is 1. The summed E-state index contributed by atoms with van der Waals surface area (Å²) in [6.45, 7) is 2.64. The summed E-state index contributed by atoms with van der Waals surface area (Å²) in [4.78, 5) is 42.5. The van der Waals surface area contributed by atoms with Crippen LogP contribution in [0.25, 0.3) is 0 Å². The Balaban J connectivity index is 1.37. The van der Waals surface area contributed by atoms with E-state index in [-0.39, 0.29) is 31.4 Å². The summed E-state index contributed by atoms with van der Waals surface area (Å²) in [6, 6.07) is 11.7. The highest BCUT2D eigenvalue weighted by Crippen LogP contribution is 2.31. The fourth-order valence-electron chi connectivity index (χ4n) is 5.60. The first kappa shape index (κ1) is 26.9. The van der Waals surface area contributed by atoms with Gasteiger partial charge in [-0.1, -0.05) is 62.4 Å². The number of carbonyl (C=O) groups is 3. The van der Waals surface area contributed by atoms with Crippen molar-refractivity contribution >= 4 is 17.9 Å². The lowest BCUT2D eigenvalue weighted by molar-refractivity contribution is -0.140. The highest BCUT2D eigenvalue weighted by Gasteiger charge is 2.43. The third kappa shape index (κ3) is 7.45. The Kier molecular flexibility index (Phi) is 9.40. The monoisotopic (exact) mass is 510 g/mol. The van der Waals surface area contributed by atoms with Crippen LogP contribution in [0.5, 0.6) is 0 Å². The molecule has 1 aromatic rings. The third-order valence-corrected chi connectivity index (χ3v) is 7.81. The smallest absolute Gasteiger partial charge is 0.410 e. The molecule has 0 radical (unpaired) electrons. The standard InChI is InChI=1S/C28H38N4O5/c29-20-28(11-12-32(21-28)27(35)37-19-23-9-5-2-6-10-23)30-26(34)24(17-22-7-3-1-4-8-22)18-25(33)31-13-15-36-16-14-31/h2,5-6,9-10,22,24H,1,3-4,7-8,11-19,21H2,(H,30,34). The van der Waals surface area contributed by atoms with Crippen LogP contribution >= 0.6 is 0 Å². The quantitative estimate of drug-likeness (QED) is 0.575. The van der Waals surface area contributed by atoms with E-state index in [4.69, 9.17) is 9.47 Å². The molecule has 3 aliphatic rings. The molecule has 1 aromatic carbocycles. The number of rotatable bonds is 8. The van der Waals surface area contributed by atoms with Gasteiger partial charge in [-0.3, -0.25) is 9.59 Å². The number of nitriles is 1. The second-order valence-electron chi connectivity index (χ2n) is 10.5. The van der Waals surface area contributed by atoms with Crippen molar-refractivity contribution in [1.82, 2.24) is 15.1 Å². The Labute approximate surface area is 219 Å². The van der Waals surface area contributed by atoms with E-state index in [1.807, 2.05) is 30.3 Å². The van der Waals surface area contributed by atoms with Crippen LogP contribution in [0.2, 0.25) is 0 Å². The molecule has 2 unspecified atom stereocenters. The molecule has 0 bridgehead atoms. The van der Waals surface area contributed by atoms with Crippen LogP contribution in [-0.2, 0) is 25.7 Å². The largest absolute Gasteiger partial charge is 0.445 e. The van der Waals surface area contributed by atoms with E-state index in [0.717, 1.165) is 31.2 Å². The minimum Gasteiger partial charge on any atom is -0.445 e. The highest BCUT2D eigenvalue weighted by molar-refractivity contribution is 5.86. The second-order valence-corrected chi connectivity index (χ2v) is 10.5. The van der Waals surface area contributed by atoms with E-state index in [1.165, 1.54) is 11.3 Å². The zero-order valence-corrected chi connectivity index (χ0v) is 21.5. The SMILES string of the molecule is N#CC1(NC(=O)C(CC(=O)N2CCOCC2)CC2CCCCC2)CCN(C(=O)OCc2ccccc2)C1. The van der Waals surface area contributed by atoms with Crippen molar-refractivity contribution in [1.29, 1.82) is 5.26 Å². The number of likely N-dealkylation sites (tertiary alicyclic amines) is 1. The Bertz CT molecular complexity index is 969. The zero-order chi connectivity index (χ0) is 26.1. The van der Waals surface area contributed by atoms with Gasteiger partial charge in [0.05, 0.1) is 25.8 Å². The summed E-state index contributed by atoms with van der Waals surface area (Å²) in [7, 11) is 0. The van der Waals surface area contributed by atoms with Gasteiger partial charge in [0.2, 0.25) is 11.8 Å². The fraction of sp³-hybridized carbons (Fsp3) is 0.643. The molecule has 2 atom stereocenters. The maximum absolute atomic E-state index is 13.6. The molecule has 9 nitrogen and oxygen atoms in total. The van der Waals surface area contributed by atoms with Crippen molar-refractivity contribution in [3.05, 3.63) is 35.9 Å². The minimum absolute atomic E-state index is 0.0391. The Morgan fingerprint density at radius 2 is 1.81 bits per heavy atom. The Hall–Kier alpha value is -3.12. The van der Waals surface area contributed by atoms with Crippen molar-refractivity contribution in [2.24, 2.45) is 11.8 Å². The van der Waals surface area contributed by atoms with Gasteiger partial charge in [0, 0.05) is 38.4 Å². The molecule has 2 saturated heterocycles. The predicted molar refractivity (Wildman–Crippen MR) is 136 cm³/mol. The lowest BCUT2D eigenvalue weighted by Crippen LogP contribution is -2.52. The van der Waals surface area contributed by atoms with Crippen LogP contribution in [0.15, 0.2) is 30.3 Å². The maximum atomic E-state index is 13.6. The molecule has 1 aliphatic carbocycles. The van der Waals surface area contributed by atoms with E-state index >= 15 is 0 Å². The first-order chi connectivity index (χ1) is 18.0. The molecule has 200 valence electrons. The number of nitrogens with zero attached hydrogens (tertiary/aromatic N) is 3. The summed E-state index contributed by atoms with van der Waals surface area (Å²) in [5.41, 5.74) is -0.305. The molecule has 0 aromatic heterocycles. The van der Waals surface area contributed by atoms with Gasteiger partial charge in [-0.2, -0.15) is 5.26 Å². The molecule has 1 saturated carbocycles. The molecule has 37 heavy (non-hydrogen) atoms. The van der Waals surface area contributed by atoms with Crippen molar-refractivity contribution in [2.45, 2.75) is 63.5 Å². The average molecular weight is 511 g/mol. The Morgan fingerprint density at radius 3 is 2.51 bits per heavy atom. The topological polar surface area (TPSA) is 112 Å². The van der Waals surface area contributed by atoms with Gasteiger partial charge in [0.1, 0.15) is 12.1 Å². The maximum Gasteiger partial charge on any atom is 0.410 e. The van der Waals surface area contributed by atoms with Crippen molar-refractivity contribution in [3.63, 3.8) is 0 Å². The Morgan fingerprint density at radius 1 is 1.08 bits per heavy atom. The zero-order valence-electron chi connectivity index (χ0n) is 21.5. The van der Waals surface area contributed by atoms with E-state index < -0.39 is 17.6 Å². The number of ether oxygens (including phenoxy) is 2. The van der Waals surface area contributed by atoms with E-state index in [2.05, 4.69) is 11.4 Å². The number of nitrogens with one attached hydrogen (secondary N) is 1. The number of morpholine rings is 1. The first-order valence-corrected chi connectivity index (χ1v) is 13.5. The molecule has 2 heterocycles. The summed E-state index contributed by atoms with van der Waals surface area (Å²) >= 11 is 0. The fourth-order valence-corrected chi connectivity index (χ4v) is 5.60. The third-order valence-electron chi connectivity index (χ3n) is 7.81. The van der Waals surface area contributed by atoms with Crippen molar-refractivity contribution in [2.75, 3.05) is 39.4 Å². The predicted octanol–water partition coefficient (Wildman–Crippen LogP) is 3.24. The van der Waals surface area contributed by atoms with Gasteiger partial charge in [0.15, 0.2) is 0 Å². The van der Waals surface area contributed by atoms with Gasteiger partial charge in [-0.25, -0.2) is 4.79 Å². The highest BCUT2D eigenvalue weighted by atomic mass is 16.6. The molecule has 0 spiro atoms. The number of carbonyl (C=O) groups excluding carboxylic acids is 3. The van der Waals surface area contributed by atoms with E-state index in [0.29, 0.717) is 51.6 Å². The van der Waals surface area contributed by atoms with E-state index in [1.54, 1.807) is 4.90 Å². The van der Waals surface area contributed by atoms with Crippen LogP contribution in [0.1, 0.15) is 56.9 Å². The van der Waals surface area contributed by atoms with Gasteiger partial charge >= 0.3 is 6.09 Å². The van der Waals surface area contributed by atoms with Crippen LogP contribution in [0.4, 0.5) is 4.79 Å². The van der Waals surface area contributed by atoms with E-state index in [9.17, 15) is 19.6 Å². The number of benzene rings is 1. The molecule has 4 rings (SSSR count).